The maximum atomic E-state index is 5.47. The minimum Gasteiger partial charge on any atom is -0.494 e. The molecule has 100 valence electrons. The van der Waals surface area contributed by atoms with Crippen LogP contribution >= 0.6 is 0 Å². The summed E-state index contributed by atoms with van der Waals surface area (Å²) in [4.78, 5) is 8.41. The quantitative estimate of drug-likeness (QED) is 0.863. The first-order chi connectivity index (χ1) is 9.24. The lowest BCUT2D eigenvalue weighted by Gasteiger charge is -2.12. The summed E-state index contributed by atoms with van der Waals surface area (Å²) in [7, 11) is 1.84. The van der Waals surface area contributed by atoms with Crippen molar-refractivity contribution in [1.29, 1.82) is 0 Å². The first kappa shape index (κ1) is 13.1. The van der Waals surface area contributed by atoms with Crippen molar-refractivity contribution in [2.75, 3.05) is 24.3 Å². The molecule has 1 aromatic carbocycles. The van der Waals surface area contributed by atoms with Crippen molar-refractivity contribution in [3.8, 4) is 5.75 Å². The molecule has 0 saturated heterocycles. The van der Waals surface area contributed by atoms with Gasteiger partial charge in [0.05, 0.1) is 6.61 Å². The Kier molecular flexibility index (Phi) is 4.18. The van der Waals surface area contributed by atoms with E-state index in [4.69, 9.17) is 4.74 Å². The second kappa shape index (κ2) is 6.04. The fraction of sp³-hybridized carbons (Fsp3) is 0.286. The molecule has 5 nitrogen and oxygen atoms in total. The fourth-order valence-corrected chi connectivity index (χ4v) is 1.80. The number of nitrogens with one attached hydrogen (secondary N) is 2. The summed E-state index contributed by atoms with van der Waals surface area (Å²) in [6.45, 7) is 4.59. The molecule has 0 spiro atoms. The summed E-state index contributed by atoms with van der Waals surface area (Å²) >= 11 is 0. The van der Waals surface area contributed by atoms with Crippen LogP contribution in [0.3, 0.4) is 0 Å². The van der Waals surface area contributed by atoms with Crippen molar-refractivity contribution in [2.24, 2.45) is 0 Å². The van der Waals surface area contributed by atoms with Gasteiger partial charge in [-0.3, -0.25) is 0 Å². The molecule has 0 bridgehead atoms. The minimum atomic E-state index is 0.653. The van der Waals surface area contributed by atoms with Gasteiger partial charge in [-0.05, 0) is 26.0 Å². The van der Waals surface area contributed by atoms with Crippen LogP contribution in [0.5, 0.6) is 5.75 Å². The van der Waals surface area contributed by atoms with Crippen LogP contribution in [-0.4, -0.2) is 23.6 Å². The average molecular weight is 258 g/mol. The topological polar surface area (TPSA) is 59.1 Å². The van der Waals surface area contributed by atoms with E-state index >= 15 is 0 Å². The number of benzene rings is 1. The van der Waals surface area contributed by atoms with Crippen molar-refractivity contribution >= 4 is 17.3 Å². The Hall–Kier alpha value is -2.30. The van der Waals surface area contributed by atoms with E-state index < -0.39 is 0 Å². The van der Waals surface area contributed by atoms with E-state index in [1.54, 1.807) is 0 Å². The molecule has 1 aromatic heterocycles. The summed E-state index contributed by atoms with van der Waals surface area (Å²) in [6, 6.07) is 7.80. The van der Waals surface area contributed by atoms with Gasteiger partial charge in [0.15, 0.2) is 0 Å². The highest BCUT2D eigenvalue weighted by atomic mass is 16.5. The van der Waals surface area contributed by atoms with E-state index in [-0.39, 0.29) is 0 Å². The van der Waals surface area contributed by atoms with Crippen LogP contribution < -0.4 is 15.4 Å². The third-order valence-electron chi connectivity index (χ3n) is 2.73. The summed E-state index contributed by atoms with van der Waals surface area (Å²) in [6.07, 6.45) is 1.54. The van der Waals surface area contributed by atoms with Crippen LogP contribution in [0.15, 0.2) is 30.6 Å². The number of nitrogens with zero attached hydrogens (tertiary/aromatic N) is 2. The number of anilines is 3. The Morgan fingerprint density at radius 2 is 2.00 bits per heavy atom. The standard InChI is InChI=1S/C14H18N4O/c1-4-19-12-7-5-6-11(8-12)18-14-10(2)13(15-3)16-9-17-14/h5-9H,4H2,1-3H3,(H2,15,16,17,18). The van der Waals surface area contributed by atoms with Crippen LogP contribution in [0.25, 0.3) is 0 Å². The molecule has 0 aliphatic rings. The molecular weight excluding hydrogens is 240 g/mol. The lowest BCUT2D eigenvalue weighted by atomic mass is 10.2. The molecule has 19 heavy (non-hydrogen) atoms. The molecule has 0 atom stereocenters. The van der Waals surface area contributed by atoms with Gasteiger partial charge in [0.2, 0.25) is 0 Å². The highest BCUT2D eigenvalue weighted by Crippen LogP contribution is 2.24. The molecule has 0 amide bonds. The van der Waals surface area contributed by atoms with Crippen LogP contribution in [-0.2, 0) is 0 Å². The lowest BCUT2D eigenvalue weighted by molar-refractivity contribution is 0.340. The molecule has 5 heteroatoms. The molecule has 0 radical (unpaired) electrons. The first-order valence-corrected chi connectivity index (χ1v) is 6.23. The number of hydrogen-bond donors (Lipinski definition) is 2. The van der Waals surface area contributed by atoms with Crippen molar-refractivity contribution in [1.82, 2.24) is 9.97 Å². The first-order valence-electron chi connectivity index (χ1n) is 6.23. The fourth-order valence-electron chi connectivity index (χ4n) is 1.80. The third-order valence-corrected chi connectivity index (χ3v) is 2.73. The summed E-state index contributed by atoms with van der Waals surface area (Å²) in [5.74, 6) is 2.44. The molecule has 0 fully saturated rings. The molecule has 1 heterocycles. The smallest absolute Gasteiger partial charge is 0.138 e. The third kappa shape index (κ3) is 3.13. The Morgan fingerprint density at radius 3 is 2.74 bits per heavy atom. The zero-order valence-electron chi connectivity index (χ0n) is 11.4. The normalized spacial score (nSPS) is 10.1. The van der Waals surface area contributed by atoms with E-state index in [1.165, 1.54) is 6.33 Å². The molecule has 2 rings (SSSR count). The van der Waals surface area contributed by atoms with Gasteiger partial charge in [0.1, 0.15) is 23.7 Å². The molecule has 0 saturated carbocycles. The predicted octanol–water partition coefficient (Wildman–Crippen LogP) is 2.97. The van der Waals surface area contributed by atoms with Crippen LogP contribution in [0.4, 0.5) is 17.3 Å². The van der Waals surface area contributed by atoms with Gasteiger partial charge in [-0.25, -0.2) is 9.97 Å². The van der Waals surface area contributed by atoms with E-state index in [2.05, 4.69) is 20.6 Å². The Labute approximate surface area is 113 Å². The highest BCUT2D eigenvalue weighted by molar-refractivity contribution is 5.65. The average Bonchev–Trinajstić information content (AvgIpc) is 2.42. The van der Waals surface area contributed by atoms with Crippen LogP contribution in [0.2, 0.25) is 0 Å². The summed E-state index contributed by atoms with van der Waals surface area (Å²) < 4.78 is 5.47. The molecular formula is C14H18N4O. The van der Waals surface area contributed by atoms with Crippen molar-refractivity contribution in [3.63, 3.8) is 0 Å². The van der Waals surface area contributed by atoms with E-state index in [9.17, 15) is 0 Å². The molecule has 2 aromatic rings. The second-order valence-electron chi connectivity index (χ2n) is 4.03. The summed E-state index contributed by atoms with van der Waals surface area (Å²) in [5, 5.41) is 6.31. The predicted molar refractivity (Wildman–Crippen MR) is 77.2 cm³/mol. The van der Waals surface area contributed by atoms with Crippen LogP contribution in [0, 0.1) is 6.92 Å². The maximum absolute atomic E-state index is 5.47. The van der Waals surface area contributed by atoms with Gasteiger partial charge in [0, 0.05) is 24.4 Å². The Morgan fingerprint density at radius 1 is 1.21 bits per heavy atom. The molecule has 2 N–H and O–H groups in total. The van der Waals surface area contributed by atoms with Gasteiger partial charge in [0.25, 0.3) is 0 Å². The van der Waals surface area contributed by atoms with E-state index in [0.29, 0.717) is 6.61 Å². The van der Waals surface area contributed by atoms with E-state index in [1.807, 2.05) is 45.2 Å². The van der Waals surface area contributed by atoms with Gasteiger partial charge in [-0.1, -0.05) is 6.07 Å². The number of aromatic nitrogens is 2. The van der Waals surface area contributed by atoms with Crippen molar-refractivity contribution < 1.29 is 4.74 Å². The molecule has 0 aliphatic heterocycles. The number of hydrogen-bond acceptors (Lipinski definition) is 5. The van der Waals surface area contributed by atoms with Crippen molar-refractivity contribution in [2.45, 2.75) is 13.8 Å². The highest BCUT2D eigenvalue weighted by Gasteiger charge is 2.06. The SMILES string of the molecule is CCOc1cccc(Nc2ncnc(NC)c2C)c1. The zero-order valence-corrected chi connectivity index (χ0v) is 11.4. The summed E-state index contributed by atoms with van der Waals surface area (Å²) in [5.41, 5.74) is 1.92. The van der Waals surface area contributed by atoms with Gasteiger partial charge >= 0.3 is 0 Å². The van der Waals surface area contributed by atoms with Crippen LogP contribution in [0.1, 0.15) is 12.5 Å². The van der Waals surface area contributed by atoms with Gasteiger partial charge in [-0.2, -0.15) is 0 Å². The van der Waals surface area contributed by atoms with Gasteiger partial charge < -0.3 is 15.4 Å². The second-order valence-corrected chi connectivity index (χ2v) is 4.03. The molecule has 0 aliphatic carbocycles. The van der Waals surface area contributed by atoms with E-state index in [0.717, 1.165) is 28.6 Å². The van der Waals surface area contributed by atoms with Gasteiger partial charge in [-0.15, -0.1) is 0 Å². The number of ether oxygens (including phenoxy) is 1. The zero-order chi connectivity index (χ0) is 13.7. The maximum Gasteiger partial charge on any atom is 0.138 e. The monoisotopic (exact) mass is 258 g/mol. The Balaban J connectivity index is 2.23. The Bertz CT molecular complexity index is 557. The number of rotatable bonds is 5. The molecule has 0 unspecified atom stereocenters. The van der Waals surface area contributed by atoms with Crippen molar-refractivity contribution in [3.05, 3.63) is 36.2 Å². The lowest BCUT2D eigenvalue weighted by Crippen LogP contribution is -2.02. The minimum absolute atomic E-state index is 0.653. The largest absolute Gasteiger partial charge is 0.494 e.